The Hall–Kier alpha value is -2.80. The normalized spacial score (nSPS) is 15.4. The molecule has 0 spiro atoms. The van der Waals surface area contributed by atoms with Crippen molar-refractivity contribution in [2.45, 2.75) is 32.4 Å². The van der Waals surface area contributed by atoms with Crippen LogP contribution in [-0.4, -0.2) is 12.0 Å². The number of hydrogen-bond donors (Lipinski definition) is 1. The average Bonchev–Trinajstić information content (AvgIpc) is 2.93. The Morgan fingerprint density at radius 3 is 2.74 bits per heavy atom. The molecule has 0 unspecified atom stereocenters. The van der Waals surface area contributed by atoms with Crippen LogP contribution in [-0.2, 0) is 17.8 Å². The van der Waals surface area contributed by atoms with Gasteiger partial charge >= 0.3 is 0 Å². The van der Waals surface area contributed by atoms with E-state index in [-0.39, 0.29) is 18.4 Å². The van der Waals surface area contributed by atoms with E-state index in [0.717, 1.165) is 23.3 Å². The minimum absolute atomic E-state index is 0.103. The molecule has 0 radical (unpaired) electrons. The first-order valence-corrected chi connectivity index (χ1v) is 7.68. The first-order valence-electron chi connectivity index (χ1n) is 7.68. The van der Waals surface area contributed by atoms with Crippen molar-refractivity contribution in [3.8, 4) is 22.9 Å². The average molecular weight is 306 g/mol. The largest absolute Gasteiger partial charge is 0.490 e. The molecule has 3 rings (SSSR count). The van der Waals surface area contributed by atoms with Crippen LogP contribution >= 0.6 is 0 Å². The van der Waals surface area contributed by atoms with E-state index in [1.807, 2.05) is 36.4 Å². The van der Waals surface area contributed by atoms with Gasteiger partial charge in [0.2, 0.25) is 5.91 Å². The van der Waals surface area contributed by atoms with Gasteiger partial charge in [-0.05, 0) is 41.3 Å². The Morgan fingerprint density at radius 1 is 1.26 bits per heavy atom. The van der Waals surface area contributed by atoms with Crippen LogP contribution in [0.1, 0.15) is 24.5 Å². The van der Waals surface area contributed by atoms with Gasteiger partial charge in [0.1, 0.15) is 18.3 Å². The predicted molar refractivity (Wildman–Crippen MR) is 87.7 cm³/mol. The number of rotatable bonds is 4. The van der Waals surface area contributed by atoms with Crippen molar-refractivity contribution < 1.29 is 9.53 Å². The van der Waals surface area contributed by atoms with Crippen molar-refractivity contribution >= 4 is 5.91 Å². The summed E-state index contributed by atoms with van der Waals surface area (Å²) in [6.45, 7) is 2.52. The third-order valence-corrected chi connectivity index (χ3v) is 3.91. The Labute approximate surface area is 135 Å². The molecule has 2 aromatic carbocycles. The monoisotopic (exact) mass is 306 g/mol. The molecule has 0 saturated heterocycles. The van der Waals surface area contributed by atoms with Gasteiger partial charge < -0.3 is 10.1 Å². The number of nitriles is 1. The first kappa shape index (κ1) is 15.1. The number of ether oxygens (including phenoxy) is 1. The second kappa shape index (κ2) is 6.53. The van der Waals surface area contributed by atoms with Crippen LogP contribution in [0.5, 0.6) is 5.75 Å². The van der Waals surface area contributed by atoms with E-state index in [1.165, 1.54) is 11.1 Å². The molecule has 1 atom stereocenters. The molecule has 0 saturated carbocycles. The van der Waals surface area contributed by atoms with E-state index in [0.29, 0.717) is 6.54 Å². The minimum Gasteiger partial charge on any atom is -0.490 e. The molecule has 4 heteroatoms. The van der Waals surface area contributed by atoms with Crippen molar-refractivity contribution in [1.29, 1.82) is 5.26 Å². The number of amides is 1. The standard InChI is InChI=1S/C19H18N2O2/c1-13-10-17-11-16(6-7-18(17)23-13)15-4-2-14(3-5-15)12-21-19(22)8-9-20/h2-7,11,13H,8,10,12H2,1H3,(H,21,22)/t13-/m0/s1. The molecule has 4 nitrogen and oxygen atoms in total. The van der Waals surface area contributed by atoms with E-state index in [4.69, 9.17) is 10.00 Å². The molecule has 2 aromatic rings. The number of nitrogens with zero attached hydrogens (tertiary/aromatic N) is 1. The van der Waals surface area contributed by atoms with Crippen LogP contribution in [0.4, 0.5) is 0 Å². The summed E-state index contributed by atoms with van der Waals surface area (Å²) in [5.41, 5.74) is 4.57. The highest BCUT2D eigenvalue weighted by atomic mass is 16.5. The summed E-state index contributed by atoms with van der Waals surface area (Å²) in [6.07, 6.45) is 1.10. The second-order valence-corrected chi connectivity index (χ2v) is 5.76. The molecule has 0 aliphatic carbocycles. The van der Waals surface area contributed by atoms with Crippen LogP contribution < -0.4 is 10.1 Å². The lowest BCUT2D eigenvalue weighted by atomic mass is 10.00. The van der Waals surface area contributed by atoms with Gasteiger partial charge in [-0.3, -0.25) is 4.79 Å². The van der Waals surface area contributed by atoms with Crippen molar-refractivity contribution in [3.63, 3.8) is 0 Å². The highest BCUT2D eigenvalue weighted by Crippen LogP contribution is 2.32. The summed E-state index contributed by atoms with van der Waals surface area (Å²) in [6, 6.07) is 16.2. The van der Waals surface area contributed by atoms with E-state index < -0.39 is 0 Å². The SMILES string of the molecule is C[C@H]1Cc2cc(-c3ccc(CNC(=O)CC#N)cc3)ccc2O1. The minimum atomic E-state index is -0.246. The lowest BCUT2D eigenvalue weighted by Gasteiger charge is -2.07. The van der Waals surface area contributed by atoms with Gasteiger partial charge in [-0.2, -0.15) is 5.26 Å². The molecular formula is C19H18N2O2. The van der Waals surface area contributed by atoms with Crippen molar-refractivity contribution in [2.24, 2.45) is 0 Å². The molecule has 1 heterocycles. The number of benzene rings is 2. The summed E-state index contributed by atoms with van der Waals surface area (Å²) in [5, 5.41) is 11.2. The fraction of sp³-hybridized carbons (Fsp3) is 0.263. The Morgan fingerprint density at radius 2 is 2.00 bits per heavy atom. The summed E-state index contributed by atoms with van der Waals surface area (Å²) < 4.78 is 5.73. The third kappa shape index (κ3) is 3.51. The predicted octanol–water partition coefficient (Wildman–Crippen LogP) is 3.21. The van der Waals surface area contributed by atoms with Crippen LogP contribution in [0.25, 0.3) is 11.1 Å². The zero-order valence-electron chi connectivity index (χ0n) is 13.0. The quantitative estimate of drug-likeness (QED) is 0.943. The lowest BCUT2D eigenvalue weighted by molar-refractivity contribution is -0.120. The summed E-state index contributed by atoms with van der Waals surface area (Å²) in [7, 11) is 0. The topological polar surface area (TPSA) is 62.1 Å². The zero-order chi connectivity index (χ0) is 16.2. The molecule has 116 valence electrons. The van der Waals surface area contributed by atoms with Crippen molar-refractivity contribution in [1.82, 2.24) is 5.32 Å². The number of carbonyl (C=O) groups excluding carboxylic acids is 1. The van der Waals surface area contributed by atoms with E-state index in [1.54, 1.807) is 0 Å². The second-order valence-electron chi connectivity index (χ2n) is 5.76. The van der Waals surface area contributed by atoms with Gasteiger partial charge in [0.15, 0.2) is 0 Å². The molecule has 23 heavy (non-hydrogen) atoms. The van der Waals surface area contributed by atoms with Gasteiger partial charge in [-0.15, -0.1) is 0 Å². The molecule has 0 fully saturated rings. The molecule has 1 aliphatic heterocycles. The molecular weight excluding hydrogens is 288 g/mol. The third-order valence-electron chi connectivity index (χ3n) is 3.91. The number of hydrogen-bond acceptors (Lipinski definition) is 3. The highest BCUT2D eigenvalue weighted by Gasteiger charge is 2.19. The molecule has 1 amide bonds. The molecule has 0 bridgehead atoms. The number of carbonyl (C=O) groups is 1. The van der Waals surface area contributed by atoms with Gasteiger partial charge in [-0.25, -0.2) is 0 Å². The van der Waals surface area contributed by atoms with Crippen LogP contribution in [0.3, 0.4) is 0 Å². The Bertz CT molecular complexity index is 760. The van der Waals surface area contributed by atoms with E-state index in [9.17, 15) is 4.79 Å². The lowest BCUT2D eigenvalue weighted by Crippen LogP contribution is -2.21. The fourth-order valence-electron chi connectivity index (χ4n) is 2.75. The van der Waals surface area contributed by atoms with Crippen LogP contribution in [0.2, 0.25) is 0 Å². The van der Waals surface area contributed by atoms with Crippen LogP contribution in [0.15, 0.2) is 42.5 Å². The summed E-state index contributed by atoms with van der Waals surface area (Å²) in [4.78, 5) is 11.3. The maximum Gasteiger partial charge on any atom is 0.234 e. The molecule has 0 aromatic heterocycles. The number of nitrogens with one attached hydrogen (secondary N) is 1. The maximum absolute atomic E-state index is 11.3. The Kier molecular flexibility index (Phi) is 4.29. The smallest absolute Gasteiger partial charge is 0.234 e. The van der Waals surface area contributed by atoms with Gasteiger partial charge in [0.05, 0.1) is 6.07 Å². The van der Waals surface area contributed by atoms with E-state index in [2.05, 4.69) is 24.4 Å². The van der Waals surface area contributed by atoms with E-state index >= 15 is 0 Å². The first-order chi connectivity index (χ1) is 11.2. The Balaban J connectivity index is 1.69. The number of fused-ring (bicyclic) bond motifs is 1. The van der Waals surface area contributed by atoms with Gasteiger partial charge in [0, 0.05) is 13.0 Å². The molecule has 1 N–H and O–H groups in total. The van der Waals surface area contributed by atoms with Gasteiger partial charge in [-0.1, -0.05) is 30.3 Å². The van der Waals surface area contributed by atoms with Crippen LogP contribution in [0, 0.1) is 11.3 Å². The van der Waals surface area contributed by atoms with Crippen molar-refractivity contribution in [2.75, 3.05) is 0 Å². The fourth-order valence-corrected chi connectivity index (χ4v) is 2.75. The zero-order valence-corrected chi connectivity index (χ0v) is 13.0. The van der Waals surface area contributed by atoms with Gasteiger partial charge in [0.25, 0.3) is 0 Å². The highest BCUT2D eigenvalue weighted by molar-refractivity contribution is 5.78. The maximum atomic E-state index is 11.3. The molecule has 1 aliphatic rings. The summed E-state index contributed by atoms with van der Waals surface area (Å²) in [5.74, 6) is 0.738. The van der Waals surface area contributed by atoms with Crippen molar-refractivity contribution in [3.05, 3.63) is 53.6 Å². The summed E-state index contributed by atoms with van der Waals surface area (Å²) >= 11 is 0.